The molecule has 1 atom stereocenters. The number of morpholine rings is 1. The van der Waals surface area contributed by atoms with Crippen molar-refractivity contribution < 1.29 is 19.4 Å². The lowest BCUT2D eigenvalue weighted by atomic mass is 10.1. The van der Waals surface area contributed by atoms with Gasteiger partial charge in [-0.1, -0.05) is 12.1 Å². The van der Waals surface area contributed by atoms with E-state index in [1.54, 1.807) is 18.3 Å². The average molecular weight is 343 g/mol. The van der Waals surface area contributed by atoms with Gasteiger partial charge < -0.3 is 14.6 Å². The fourth-order valence-corrected chi connectivity index (χ4v) is 2.72. The Morgan fingerprint density at radius 1 is 1.36 bits per heavy atom. The van der Waals surface area contributed by atoms with Gasteiger partial charge in [0.05, 0.1) is 6.61 Å². The summed E-state index contributed by atoms with van der Waals surface area (Å²) in [6.07, 6.45) is 1.64. The summed E-state index contributed by atoms with van der Waals surface area (Å²) in [5.74, 6) is 0.295. The maximum absolute atomic E-state index is 10.5. The second-order valence-electron chi connectivity index (χ2n) is 5.98. The topological polar surface area (TPSA) is 84.8 Å². The molecule has 0 spiro atoms. The van der Waals surface area contributed by atoms with E-state index in [2.05, 4.69) is 14.9 Å². The van der Waals surface area contributed by atoms with Crippen LogP contribution >= 0.6 is 0 Å². The summed E-state index contributed by atoms with van der Waals surface area (Å²) in [5, 5.41) is 8.63. The van der Waals surface area contributed by atoms with Gasteiger partial charge in [-0.3, -0.25) is 4.90 Å². The zero-order valence-corrected chi connectivity index (χ0v) is 14.1. The lowest BCUT2D eigenvalue weighted by Gasteiger charge is -2.32. The first-order chi connectivity index (χ1) is 12.1. The number of aliphatic carboxylic acids is 1. The largest absolute Gasteiger partial charge is 0.482 e. The minimum atomic E-state index is -0.984. The number of nitrogens with zero attached hydrogens (tertiary/aromatic N) is 3. The van der Waals surface area contributed by atoms with E-state index in [1.165, 1.54) is 0 Å². The van der Waals surface area contributed by atoms with Gasteiger partial charge in [0.2, 0.25) is 0 Å². The van der Waals surface area contributed by atoms with Gasteiger partial charge in [-0.25, -0.2) is 14.8 Å². The molecule has 2 aromatic rings. The summed E-state index contributed by atoms with van der Waals surface area (Å²) in [4.78, 5) is 21.6. The highest BCUT2D eigenvalue weighted by Crippen LogP contribution is 2.21. The molecule has 0 radical (unpaired) electrons. The zero-order valence-electron chi connectivity index (χ0n) is 14.1. The van der Waals surface area contributed by atoms with Crippen molar-refractivity contribution in [1.29, 1.82) is 0 Å². The first-order valence-electron chi connectivity index (χ1n) is 8.17. The molecule has 1 aromatic carbocycles. The van der Waals surface area contributed by atoms with E-state index < -0.39 is 5.97 Å². The van der Waals surface area contributed by atoms with Crippen LogP contribution in [-0.2, 0) is 16.1 Å². The average Bonchev–Trinajstić information content (AvgIpc) is 2.61. The molecular weight excluding hydrogens is 322 g/mol. The monoisotopic (exact) mass is 343 g/mol. The van der Waals surface area contributed by atoms with Crippen molar-refractivity contribution in [2.24, 2.45) is 0 Å². The molecule has 0 amide bonds. The lowest BCUT2D eigenvalue weighted by molar-refractivity contribution is -0.139. The van der Waals surface area contributed by atoms with Gasteiger partial charge in [0.15, 0.2) is 12.4 Å². The van der Waals surface area contributed by atoms with E-state index >= 15 is 0 Å². The van der Waals surface area contributed by atoms with Crippen LogP contribution in [0.25, 0.3) is 0 Å². The van der Waals surface area contributed by atoms with Crippen LogP contribution in [0.2, 0.25) is 0 Å². The molecule has 1 aliphatic heterocycles. The Kier molecular flexibility index (Phi) is 5.57. The number of rotatable bonds is 6. The zero-order chi connectivity index (χ0) is 17.6. The molecule has 0 saturated carbocycles. The van der Waals surface area contributed by atoms with Crippen molar-refractivity contribution in [2.75, 3.05) is 26.3 Å². The summed E-state index contributed by atoms with van der Waals surface area (Å²) < 4.78 is 11.0. The number of hydrogen-bond donors (Lipinski definition) is 1. The normalized spacial score (nSPS) is 18.0. The number of benzene rings is 1. The third-order valence-electron chi connectivity index (χ3n) is 3.94. The van der Waals surface area contributed by atoms with Crippen LogP contribution in [0.3, 0.4) is 0 Å². The van der Waals surface area contributed by atoms with E-state index in [0.717, 1.165) is 36.7 Å². The Hall–Kier alpha value is -2.51. The Labute approximate surface area is 146 Å². The van der Waals surface area contributed by atoms with E-state index in [9.17, 15) is 4.79 Å². The molecule has 0 bridgehead atoms. The Bertz CT molecular complexity index is 721. The molecule has 1 fully saturated rings. The molecule has 0 unspecified atom stereocenters. The summed E-state index contributed by atoms with van der Waals surface area (Å²) in [5.41, 5.74) is 2.07. The molecule has 0 aliphatic carbocycles. The van der Waals surface area contributed by atoms with Crippen LogP contribution in [0, 0.1) is 6.92 Å². The second kappa shape index (κ2) is 8.04. The maximum Gasteiger partial charge on any atom is 0.341 e. The van der Waals surface area contributed by atoms with E-state index in [-0.39, 0.29) is 12.7 Å². The van der Waals surface area contributed by atoms with Gasteiger partial charge in [0, 0.05) is 31.5 Å². The van der Waals surface area contributed by atoms with Crippen LogP contribution < -0.4 is 4.74 Å². The van der Waals surface area contributed by atoms with Crippen LogP contribution in [0.5, 0.6) is 5.75 Å². The third-order valence-corrected chi connectivity index (χ3v) is 3.94. The third kappa shape index (κ3) is 4.98. The molecule has 1 saturated heterocycles. The number of carboxylic acid groups (broad SMARTS) is 1. The van der Waals surface area contributed by atoms with E-state index in [1.807, 2.05) is 25.1 Å². The number of aromatic nitrogens is 2. The Morgan fingerprint density at radius 2 is 2.16 bits per heavy atom. The van der Waals surface area contributed by atoms with Gasteiger partial charge in [0.1, 0.15) is 11.9 Å². The van der Waals surface area contributed by atoms with E-state index in [0.29, 0.717) is 12.4 Å². The first-order valence-corrected chi connectivity index (χ1v) is 8.17. The SMILES string of the molecule is Cc1ccnc([C@@H]2CN(Cc3ccc(OCC(=O)O)cc3)CCO2)n1. The predicted molar refractivity (Wildman–Crippen MR) is 90.3 cm³/mol. The summed E-state index contributed by atoms with van der Waals surface area (Å²) in [7, 11) is 0. The number of hydrogen-bond acceptors (Lipinski definition) is 6. The molecule has 1 N–H and O–H groups in total. The van der Waals surface area contributed by atoms with Crippen LogP contribution in [0.1, 0.15) is 23.2 Å². The van der Waals surface area contributed by atoms with Crippen LogP contribution in [-0.4, -0.2) is 52.2 Å². The summed E-state index contributed by atoms with van der Waals surface area (Å²) >= 11 is 0. The van der Waals surface area contributed by atoms with Crippen molar-refractivity contribution in [1.82, 2.24) is 14.9 Å². The number of carboxylic acids is 1. The molecule has 7 nitrogen and oxygen atoms in total. The number of carbonyl (C=O) groups is 1. The smallest absolute Gasteiger partial charge is 0.341 e. The van der Waals surface area contributed by atoms with Crippen molar-refractivity contribution >= 4 is 5.97 Å². The number of aryl methyl sites for hydroxylation is 1. The fourth-order valence-electron chi connectivity index (χ4n) is 2.72. The molecule has 3 rings (SSSR count). The summed E-state index contributed by atoms with van der Waals surface area (Å²) in [6.45, 7) is 4.62. The standard InChI is InChI=1S/C18H21N3O4/c1-13-6-7-19-18(20-13)16-11-21(8-9-24-16)10-14-2-4-15(5-3-14)25-12-17(22)23/h2-7,16H,8-12H2,1H3,(H,22,23)/t16-/m0/s1. The summed E-state index contributed by atoms with van der Waals surface area (Å²) in [6, 6.07) is 9.35. The minimum absolute atomic E-state index is 0.119. The van der Waals surface area contributed by atoms with Gasteiger partial charge in [0.25, 0.3) is 0 Å². The maximum atomic E-state index is 10.5. The van der Waals surface area contributed by atoms with Crippen molar-refractivity contribution in [3.8, 4) is 5.75 Å². The van der Waals surface area contributed by atoms with Crippen molar-refractivity contribution in [3.63, 3.8) is 0 Å². The quantitative estimate of drug-likeness (QED) is 0.856. The molecule has 1 aliphatic rings. The molecule has 2 heterocycles. The van der Waals surface area contributed by atoms with Gasteiger partial charge in [-0.05, 0) is 30.7 Å². The molecular formula is C18H21N3O4. The van der Waals surface area contributed by atoms with Crippen LogP contribution in [0.15, 0.2) is 36.5 Å². The molecule has 25 heavy (non-hydrogen) atoms. The fraction of sp³-hybridized carbons (Fsp3) is 0.389. The molecule has 1 aromatic heterocycles. The highest BCUT2D eigenvalue weighted by Gasteiger charge is 2.24. The van der Waals surface area contributed by atoms with Crippen molar-refractivity contribution in [2.45, 2.75) is 19.6 Å². The van der Waals surface area contributed by atoms with Gasteiger partial charge >= 0.3 is 5.97 Å². The highest BCUT2D eigenvalue weighted by molar-refractivity contribution is 5.68. The minimum Gasteiger partial charge on any atom is -0.482 e. The van der Waals surface area contributed by atoms with Crippen LogP contribution in [0.4, 0.5) is 0 Å². The first kappa shape index (κ1) is 17.3. The number of ether oxygens (including phenoxy) is 2. The van der Waals surface area contributed by atoms with E-state index in [4.69, 9.17) is 14.6 Å². The van der Waals surface area contributed by atoms with Crippen molar-refractivity contribution in [3.05, 3.63) is 53.6 Å². The highest BCUT2D eigenvalue weighted by atomic mass is 16.5. The molecule has 132 valence electrons. The van der Waals surface area contributed by atoms with Gasteiger partial charge in [-0.15, -0.1) is 0 Å². The second-order valence-corrected chi connectivity index (χ2v) is 5.98. The van der Waals surface area contributed by atoms with Gasteiger partial charge in [-0.2, -0.15) is 0 Å². The lowest BCUT2D eigenvalue weighted by Crippen LogP contribution is -2.38. The predicted octanol–water partition coefficient (Wildman–Crippen LogP) is 1.82. The Morgan fingerprint density at radius 3 is 2.88 bits per heavy atom. The molecule has 7 heteroatoms. The Balaban J connectivity index is 1.58.